The van der Waals surface area contributed by atoms with Crippen molar-refractivity contribution >= 4 is 33.1 Å². The summed E-state index contributed by atoms with van der Waals surface area (Å²) in [7, 11) is 0. The summed E-state index contributed by atoms with van der Waals surface area (Å²) in [6, 6.07) is 1.98. The monoisotopic (exact) mass is 307 g/mol. The van der Waals surface area contributed by atoms with Gasteiger partial charge in [-0.25, -0.2) is 4.98 Å². The summed E-state index contributed by atoms with van der Waals surface area (Å²) >= 11 is 1.34. The number of nitrogens with two attached hydrogens (primary N) is 1. The van der Waals surface area contributed by atoms with Crippen molar-refractivity contribution in [1.29, 1.82) is 0 Å². The molecule has 2 rings (SSSR count). The first kappa shape index (κ1) is 15.7. The van der Waals surface area contributed by atoms with Gasteiger partial charge in [0, 0.05) is 24.2 Å². The third-order valence-electron chi connectivity index (χ3n) is 3.23. The number of fused-ring (bicyclic) bond motifs is 1. The molecule has 0 aliphatic heterocycles. The lowest BCUT2D eigenvalue weighted by Crippen LogP contribution is -2.32. The number of thiophene rings is 1. The summed E-state index contributed by atoms with van der Waals surface area (Å²) in [5, 5.41) is 3.74. The van der Waals surface area contributed by atoms with Crippen LogP contribution in [0, 0.1) is 13.8 Å². The summed E-state index contributed by atoms with van der Waals surface area (Å²) in [5.74, 6) is -0.167. The molecule has 3 N–H and O–H groups in total. The fourth-order valence-electron chi connectivity index (χ4n) is 2.30. The fraction of sp³-hybridized carbons (Fsp3) is 0.467. The molecule has 6 heteroatoms. The Hall–Kier alpha value is -1.66. The number of nitrogens with one attached hydrogen (secondary N) is 1. The SMILES string of the molecule is CCOC(C)CNC(=O)c1sc2nc(C)cc(C)c2c1N. The van der Waals surface area contributed by atoms with Gasteiger partial charge in [-0.3, -0.25) is 4.79 Å². The summed E-state index contributed by atoms with van der Waals surface area (Å²) < 4.78 is 5.40. The standard InChI is InChI=1S/C15H21N3O2S/c1-5-20-10(4)7-17-14(19)13-12(16)11-8(2)6-9(3)18-15(11)21-13/h6,10H,5,7,16H2,1-4H3,(H,17,19). The van der Waals surface area contributed by atoms with Crippen LogP contribution in [0.4, 0.5) is 5.69 Å². The second-order valence-corrected chi connectivity index (χ2v) is 6.08. The van der Waals surface area contributed by atoms with Crippen molar-refractivity contribution in [2.75, 3.05) is 18.9 Å². The van der Waals surface area contributed by atoms with Crippen molar-refractivity contribution in [1.82, 2.24) is 10.3 Å². The molecule has 0 saturated carbocycles. The van der Waals surface area contributed by atoms with E-state index in [0.717, 1.165) is 21.5 Å². The number of hydrogen-bond donors (Lipinski definition) is 2. The van der Waals surface area contributed by atoms with Gasteiger partial charge in [0.15, 0.2) is 0 Å². The van der Waals surface area contributed by atoms with E-state index in [9.17, 15) is 4.79 Å². The zero-order valence-electron chi connectivity index (χ0n) is 12.8. The van der Waals surface area contributed by atoms with Crippen LogP contribution in [0.15, 0.2) is 6.07 Å². The average Bonchev–Trinajstić information content (AvgIpc) is 2.73. The number of aryl methyl sites for hydroxylation is 2. The molecule has 2 heterocycles. The highest BCUT2D eigenvalue weighted by Crippen LogP contribution is 2.34. The molecule has 1 amide bonds. The van der Waals surface area contributed by atoms with Crippen LogP contribution >= 0.6 is 11.3 Å². The molecule has 0 fully saturated rings. The van der Waals surface area contributed by atoms with Gasteiger partial charge in [-0.2, -0.15) is 0 Å². The molecule has 0 saturated heterocycles. The summed E-state index contributed by atoms with van der Waals surface area (Å²) in [6.07, 6.45) is -0.0170. The Kier molecular flexibility index (Phi) is 4.80. The second kappa shape index (κ2) is 6.41. The molecule has 2 aromatic heterocycles. The number of hydrogen-bond acceptors (Lipinski definition) is 5. The van der Waals surface area contributed by atoms with Crippen molar-refractivity contribution < 1.29 is 9.53 Å². The number of anilines is 1. The number of ether oxygens (including phenoxy) is 1. The van der Waals surface area contributed by atoms with E-state index in [2.05, 4.69) is 10.3 Å². The maximum Gasteiger partial charge on any atom is 0.263 e. The molecule has 1 atom stereocenters. The van der Waals surface area contributed by atoms with Crippen molar-refractivity contribution in [3.05, 3.63) is 22.2 Å². The van der Waals surface area contributed by atoms with Crippen molar-refractivity contribution in [3.8, 4) is 0 Å². The molecule has 0 spiro atoms. The maximum atomic E-state index is 12.3. The maximum absolute atomic E-state index is 12.3. The van der Waals surface area contributed by atoms with E-state index in [1.54, 1.807) is 0 Å². The zero-order chi connectivity index (χ0) is 15.6. The van der Waals surface area contributed by atoms with Crippen LogP contribution in [0.25, 0.3) is 10.2 Å². The highest BCUT2D eigenvalue weighted by molar-refractivity contribution is 7.21. The number of rotatable bonds is 5. The predicted molar refractivity (Wildman–Crippen MR) is 86.9 cm³/mol. The van der Waals surface area contributed by atoms with Crippen molar-refractivity contribution in [2.24, 2.45) is 0 Å². The third kappa shape index (κ3) is 3.33. The molecule has 0 bridgehead atoms. The number of carbonyl (C=O) groups is 1. The minimum Gasteiger partial charge on any atom is -0.397 e. The van der Waals surface area contributed by atoms with Crippen LogP contribution in [0.3, 0.4) is 0 Å². The number of nitrogen functional groups attached to an aromatic ring is 1. The van der Waals surface area contributed by atoms with Crippen LogP contribution in [0.1, 0.15) is 34.8 Å². The van der Waals surface area contributed by atoms with E-state index in [0.29, 0.717) is 23.7 Å². The molecular formula is C15H21N3O2S. The van der Waals surface area contributed by atoms with Crippen molar-refractivity contribution in [2.45, 2.75) is 33.8 Å². The van der Waals surface area contributed by atoms with Crippen molar-refractivity contribution in [3.63, 3.8) is 0 Å². The molecule has 2 aromatic rings. The van der Waals surface area contributed by atoms with E-state index in [1.165, 1.54) is 11.3 Å². The zero-order valence-corrected chi connectivity index (χ0v) is 13.6. The van der Waals surface area contributed by atoms with Gasteiger partial charge in [-0.1, -0.05) is 0 Å². The molecule has 0 radical (unpaired) electrons. The molecule has 114 valence electrons. The quantitative estimate of drug-likeness (QED) is 0.890. The van der Waals surface area contributed by atoms with Gasteiger partial charge in [0.1, 0.15) is 9.71 Å². The van der Waals surface area contributed by atoms with E-state index in [-0.39, 0.29) is 12.0 Å². The van der Waals surface area contributed by atoms with Crippen LogP contribution in [-0.4, -0.2) is 30.1 Å². The lowest BCUT2D eigenvalue weighted by atomic mass is 10.1. The topological polar surface area (TPSA) is 77.2 Å². The normalized spacial score (nSPS) is 12.6. The first-order valence-corrected chi connectivity index (χ1v) is 7.81. The number of pyridine rings is 1. The van der Waals surface area contributed by atoms with Crippen LogP contribution in [-0.2, 0) is 4.74 Å². The van der Waals surface area contributed by atoms with Gasteiger partial charge in [0.2, 0.25) is 0 Å². The van der Waals surface area contributed by atoms with E-state index in [1.807, 2.05) is 33.8 Å². The molecule has 0 aromatic carbocycles. The molecule has 0 aliphatic carbocycles. The smallest absolute Gasteiger partial charge is 0.263 e. The molecule has 1 unspecified atom stereocenters. The van der Waals surface area contributed by atoms with Gasteiger partial charge in [0.25, 0.3) is 5.91 Å². The van der Waals surface area contributed by atoms with E-state index < -0.39 is 0 Å². The largest absolute Gasteiger partial charge is 0.397 e. The Balaban J connectivity index is 2.24. The first-order chi connectivity index (χ1) is 9.93. The Bertz CT molecular complexity index is 666. The molecule has 0 aliphatic rings. The van der Waals surface area contributed by atoms with Crippen LogP contribution in [0.5, 0.6) is 0 Å². The Labute approximate surface area is 128 Å². The van der Waals surface area contributed by atoms with Gasteiger partial charge < -0.3 is 15.8 Å². The Morgan fingerprint density at radius 1 is 1.52 bits per heavy atom. The predicted octanol–water partition coefficient (Wildman–Crippen LogP) is 2.65. The Morgan fingerprint density at radius 2 is 2.24 bits per heavy atom. The molecular weight excluding hydrogens is 286 g/mol. The minimum atomic E-state index is -0.167. The van der Waals surface area contributed by atoms with Gasteiger partial charge in [-0.15, -0.1) is 11.3 Å². The average molecular weight is 307 g/mol. The van der Waals surface area contributed by atoms with E-state index in [4.69, 9.17) is 10.5 Å². The third-order valence-corrected chi connectivity index (χ3v) is 4.33. The first-order valence-electron chi connectivity index (χ1n) is 7.00. The number of carbonyl (C=O) groups excluding carboxylic acids is 1. The fourth-order valence-corrected chi connectivity index (χ4v) is 3.43. The lowest BCUT2D eigenvalue weighted by Gasteiger charge is -2.12. The summed E-state index contributed by atoms with van der Waals surface area (Å²) in [5.41, 5.74) is 8.63. The van der Waals surface area contributed by atoms with Gasteiger partial charge in [-0.05, 0) is 39.3 Å². The van der Waals surface area contributed by atoms with E-state index >= 15 is 0 Å². The summed E-state index contributed by atoms with van der Waals surface area (Å²) in [6.45, 7) is 8.87. The van der Waals surface area contributed by atoms with Crippen LogP contribution < -0.4 is 11.1 Å². The highest BCUT2D eigenvalue weighted by Gasteiger charge is 2.19. The lowest BCUT2D eigenvalue weighted by molar-refractivity contribution is 0.0697. The van der Waals surface area contributed by atoms with Gasteiger partial charge >= 0.3 is 0 Å². The minimum absolute atomic E-state index is 0.0170. The van der Waals surface area contributed by atoms with Gasteiger partial charge in [0.05, 0.1) is 11.8 Å². The number of aromatic nitrogens is 1. The molecule has 5 nitrogen and oxygen atoms in total. The summed E-state index contributed by atoms with van der Waals surface area (Å²) in [4.78, 5) is 18.1. The molecule has 21 heavy (non-hydrogen) atoms. The van der Waals surface area contributed by atoms with Crippen LogP contribution in [0.2, 0.25) is 0 Å². The second-order valence-electron chi connectivity index (χ2n) is 5.08. The number of nitrogens with zero attached hydrogens (tertiary/aromatic N) is 1. The highest BCUT2D eigenvalue weighted by atomic mass is 32.1. The Morgan fingerprint density at radius 3 is 2.90 bits per heavy atom. The number of amides is 1.